The van der Waals surface area contributed by atoms with Crippen LogP contribution < -0.4 is 10.1 Å². The van der Waals surface area contributed by atoms with Crippen LogP contribution in [-0.2, 0) is 6.42 Å². The third-order valence-electron chi connectivity index (χ3n) is 2.92. The Hall–Kier alpha value is -1.02. The molecule has 1 aliphatic rings. The fourth-order valence-electron chi connectivity index (χ4n) is 2.23. The summed E-state index contributed by atoms with van der Waals surface area (Å²) in [7, 11) is 2.02. The van der Waals surface area contributed by atoms with E-state index in [1.165, 1.54) is 24.0 Å². The van der Waals surface area contributed by atoms with Crippen molar-refractivity contribution < 1.29 is 4.74 Å². The van der Waals surface area contributed by atoms with Gasteiger partial charge in [0.1, 0.15) is 5.75 Å². The SMILES string of the molecule is CNC1CCc2ccc(OC(C)C)cc21. The van der Waals surface area contributed by atoms with E-state index in [1.807, 2.05) is 7.05 Å². The molecule has 0 fully saturated rings. The molecule has 2 nitrogen and oxygen atoms in total. The molecular formula is C13H19NO. The highest BCUT2D eigenvalue weighted by Crippen LogP contribution is 2.33. The Bertz CT molecular complexity index is 346. The van der Waals surface area contributed by atoms with Crippen LogP contribution in [0.1, 0.15) is 37.4 Å². The molecule has 0 aliphatic heterocycles. The number of hydrogen-bond donors (Lipinski definition) is 1. The Morgan fingerprint density at radius 1 is 1.40 bits per heavy atom. The zero-order valence-electron chi connectivity index (χ0n) is 9.71. The van der Waals surface area contributed by atoms with Crippen molar-refractivity contribution >= 4 is 0 Å². The molecule has 82 valence electrons. The van der Waals surface area contributed by atoms with E-state index in [4.69, 9.17) is 4.74 Å². The van der Waals surface area contributed by atoms with Crippen molar-refractivity contribution in [1.29, 1.82) is 0 Å². The highest BCUT2D eigenvalue weighted by Gasteiger charge is 2.21. The minimum atomic E-state index is 0.248. The second-order valence-electron chi connectivity index (χ2n) is 4.41. The summed E-state index contributed by atoms with van der Waals surface area (Å²) in [6.45, 7) is 4.12. The maximum absolute atomic E-state index is 5.70. The lowest BCUT2D eigenvalue weighted by atomic mass is 10.1. The fraction of sp³-hybridized carbons (Fsp3) is 0.538. The molecule has 2 heteroatoms. The molecule has 1 aromatic rings. The Morgan fingerprint density at radius 2 is 2.20 bits per heavy atom. The Kier molecular flexibility index (Phi) is 2.96. The molecular weight excluding hydrogens is 186 g/mol. The lowest BCUT2D eigenvalue weighted by Gasteiger charge is -2.14. The first-order chi connectivity index (χ1) is 7.20. The quantitative estimate of drug-likeness (QED) is 0.819. The Labute approximate surface area is 91.6 Å². The third kappa shape index (κ3) is 2.15. The minimum absolute atomic E-state index is 0.248. The first-order valence-corrected chi connectivity index (χ1v) is 5.67. The minimum Gasteiger partial charge on any atom is -0.491 e. The Morgan fingerprint density at radius 3 is 2.87 bits per heavy atom. The molecule has 0 aromatic heterocycles. The highest BCUT2D eigenvalue weighted by molar-refractivity contribution is 5.40. The van der Waals surface area contributed by atoms with Crippen LogP contribution in [0.4, 0.5) is 0 Å². The number of fused-ring (bicyclic) bond motifs is 1. The molecule has 1 unspecified atom stereocenters. The monoisotopic (exact) mass is 205 g/mol. The van der Waals surface area contributed by atoms with Crippen molar-refractivity contribution in [3.63, 3.8) is 0 Å². The molecule has 1 aliphatic carbocycles. The molecule has 2 rings (SSSR count). The van der Waals surface area contributed by atoms with Crippen LogP contribution in [0.2, 0.25) is 0 Å². The van der Waals surface area contributed by atoms with Gasteiger partial charge < -0.3 is 10.1 Å². The van der Waals surface area contributed by atoms with Crippen LogP contribution in [0.3, 0.4) is 0 Å². The fourth-order valence-corrected chi connectivity index (χ4v) is 2.23. The van der Waals surface area contributed by atoms with Crippen molar-refractivity contribution in [3.8, 4) is 5.75 Å². The maximum Gasteiger partial charge on any atom is 0.120 e. The number of ether oxygens (including phenoxy) is 1. The van der Waals surface area contributed by atoms with Gasteiger partial charge in [-0.05, 0) is 57.0 Å². The van der Waals surface area contributed by atoms with E-state index >= 15 is 0 Å². The zero-order valence-corrected chi connectivity index (χ0v) is 9.71. The molecule has 1 atom stereocenters. The summed E-state index contributed by atoms with van der Waals surface area (Å²) in [5, 5.41) is 3.35. The maximum atomic E-state index is 5.70. The van der Waals surface area contributed by atoms with Crippen LogP contribution in [0.5, 0.6) is 5.75 Å². The molecule has 1 N–H and O–H groups in total. The van der Waals surface area contributed by atoms with Gasteiger partial charge in [0.25, 0.3) is 0 Å². The molecule has 0 heterocycles. The van der Waals surface area contributed by atoms with E-state index in [0.29, 0.717) is 6.04 Å². The summed E-state index contributed by atoms with van der Waals surface area (Å²) in [6, 6.07) is 6.97. The van der Waals surface area contributed by atoms with Crippen molar-refractivity contribution in [2.24, 2.45) is 0 Å². The van der Waals surface area contributed by atoms with Crippen molar-refractivity contribution in [1.82, 2.24) is 5.32 Å². The standard InChI is InChI=1S/C13H19NO/c1-9(2)15-11-6-4-10-5-7-13(14-3)12(10)8-11/h4,6,8-9,13-14H,5,7H2,1-3H3. The summed E-state index contributed by atoms with van der Waals surface area (Å²) in [6.07, 6.45) is 2.64. The first-order valence-electron chi connectivity index (χ1n) is 5.67. The van der Waals surface area contributed by atoms with Gasteiger partial charge in [0, 0.05) is 6.04 Å². The summed E-state index contributed by atoms with van der Waals surface area (Å²) < 4.78 is 5.70. The normalized spacial score (nSPS) is 19.3. The van der Waals surface area contributed by atoms with E-state index < -0.39 is 0 Å². The van der Waals surface area contributed by atoms with Crippen LogP contribution in [0.25, 0.3) is 0 Å². The second kappa shape index (κ2) is 4.23. The van der Waals surface area contributed by atoms with Crippen LogP contribution >= 0.6 is 0 Å². The molecule has 0 saturated heterocycles. The predicted molar refractivity (Wildman–Crippen MR) is 62.3 cm³/mol. The molecule has 0 amide bonds. The smallest absolute Gasteiger partial charge is 0.120 e. The van der Waals surface area contributed by atoms with Crippen molar-refractivity contribution in [3.05, 3.63) is 29.3 Å². The van der Waals surface area contributed by atoms with Gasteiger partial charge in [-0.2, -0.15) is 0 Å². The zero-order chi connectivity index (χ0) is 10.8. The highest BCUT2D eigenvalue weighted by atomic mass is 16.5. The van der Waals surface area contributed by atoms with Gasteiger partial charge in [-0.1, -0.05) is 6.07 Å². The van der Waals surface area contributed by atoms with Crippen LogP contribution in [0.15, 0.2) is 18.2 Å². The molecule has 0 bridgehead atoms. The summed E-state index contributed by atoms with van der Waals surface area (Å²) in [5.74, 6) is 0.992. The van der Waals surface area contributed by atoms with Crippen LogP contribution in [0, 0.1) is 0 Å². The average molecular weight is 205 g/mol. The average Bonchev–Trinajstić information content (AvgIpc) is 2.59. The van der Waals surface area contributed by atoms with E-state index in [-0.39, 0.29) is 6.10 Å². The van der Waals surface area contributed by atoms with Crippen molar-refractivity contribution in [2.45, 2.75) is 38.8 Å². The van der Waals surface area contributed by atoms with Gasteiger partial charge >= 0.3 is 0 Å². The van der Waals surface area contributed by atoms with Gasteiger partial charge in [-0.25, -0.2) is 0 Å². The van der Waals surface area contributed by atoms with Crippen molar-refractivity contribution in [2.75, 3.05) is 7.05 Å². The van der Waals surface area contributed by atoms with Gasteiger partial charge in [0.15, 0.2) is 0 Å². The molecule has 0 spiro atoms. The Balaban J connectivity index is 2.24. The van der Waals surface area contributed by atoms with Crippen LogP contribution in [-0.4, -0.2) is 13.2 Å². The van der Waals surface area contributed by atoms with Gasteiger partial charge in [0.2, 0.25) is 0 Å². The number of benzene rings is 1. The predicted octanol–water partition coefficient (Wildman–Crippen LogP) is 2.68. The molecule has 15 heavy (non-hydrogen) atoms. The number of hydrogen-bond acceptors (Lipinski definition) is 2. The largest absolute Gasteiger partial charge is 0.491 e. The molecule has 1 aromatic carbocycles. The van der Waals surface area contributed by atoms with E-state index in [2.05, 4.69) is 37.4 Å². The summed E-state index contributed by atoms with van der Waals surface area (Å²) in [5.41, 5.74) is 2.88. The van der Waals surface area contributed by atoms with E-state index in [1.54, 1.807) is 0 Å². The van der Waals surface area contributed by atoms with E-state index in [0.717, 1.165) is 5.75 Å². The van der Waals surface area contributed by atoms with E-state index in [9.17, 15) is 0 Å². The molecule has 0 saturated carbocycles. The number of rotatable bonds is 3. The summed E-state index contributed by atoms with van der Waals surface area (Å²) >= 11 is 0. The topological polar surface area (TPSA) is 21.3 Å². The second-order valence-corrected chi connectivity index (χ2v) is 4.41. The number of aryl methyl sites for hydroxylation is 1. The number of nitrogens with one attached hydrogen (secondary N) is 1. The molecule has 0 radical (unpaired) electrons. The van der Waals surface area contributed by atoms with Gasteiger partial charge in [-0.15, -0.1) is 0 Å². The lowest BCUT2D eigenvalue weighted by Crippen LogP contribution is -2.13. The lowest BCUT2D eigenvalue weighted by molar-refractivity contribution is 0.242. The van der Waals surface area contributed by atoms with Gasteiger partial charge in [-0.3, -0.25) is 0 Å². The first kappa shape index (κ1) is 10.5. The van der Waals surface area contributed by atoms with Gasteiger partial charge in [0.05, 0.1) is 6.10 Å². The summed E-state index contributed by atoms with van der Waals surface area (Å²) in [4.78, 5) is 0. The third-order valence-corrected chi connectivity index (χ3v) is 2.92.